The quantitative estimate of drug-likeness (QED) is 0.798. The molecule has 0 radical (unpaired) electrons. The van der Waals surface area contributed by atoms with Crippen molar-refractivity contribution in [3.63, 3.8) is 0 Å². The number of hydrogen-bond acceptors (Lipinski definition) is 4. The number of anilines is 1. The molecule has 5 nitrogen and oxygen atoms in total. The summed E-state index contributed by atoms with van der Waals surface area (Å²) in [5.41, 5.74) is 2.12. The highest BCUT2D eigenvalue weighted by Crippen LogP contribution is 2.32. The highest BCUT2D eigenvalue weighted by atomic mass is 16.6. The number of amides is 1. The van der Waals surface area contributed by atoms with E-state index in [4.69, 9.17) is 4.74 Å². The fourth-order valence-electron chi connectivity index (χ4n) is 4.03. The lowest BCUT2D eigenvalue weighted by atomic mass is 9.97. The Hall–Kier alpha value is -2.56. The number of ether oxygens (including phenoxy) is 1. The predicted molar refractivity (Wildman–Crippen MR) is 106 cm³/mol. The molecule has 0 spiro atoms. The van der Waals surface area contributed by atoms with Crippen molar-refractivity contribution < 1.29 is 9.53 Å². The maximum absolute atomic E-state index is 12.7. The largest absolute Gasteiger partial charge is 0.445 e. The fraction of sp³-hybridized carbons (Fsp3) is 0.455. The molecular weight excluding hydrogens is 338 g/mol. The molecule has 0 aliphatic carbocycles. The molecule has 0 bridgehead atoms. The second-order valence-corrected chi connectivity index (χ2v) is 7.39. The molecule has 0 unspecified atom stereocenters. The van der Waals surface area contributed by atoms with Crippen molar-refractivity contribution in [2.75, 3.05) is 24.5 Å². The van der Waals surface area contributed by atoms with Gasteiger partial charge in [-0.3, -0.25) is 0 Å². The van der Waals surface area contributed by atoms with Gasteiger partial charge in [0.1, 0.15) is 12.4 Å². The van der Waals surface area contributed by atoms with Crippen LogP contribution in [-0.4, -0.2) is 35.6 Å². The highest BCUT2D eigenvalue weighted by Gasteiger charge is 2.29. The van der Waals surface area contributed by atoms with Crippen LogP contribution in [0.1, 0.15) is 49.3 Å². The van der Waals surface area contributed by atoms with Gasteiger partial charge in [0.2, 0.25) is 0 Å². The van der Waals surface area contributed by atoms with E-state index in [0.29, 0.717) is 6.61 Å². The van der Waals surface area contributed by atoms with Crippen molar-refractivity contribution >= 4 is 11.9 Å². The van der Waals surface area contributed by atoms with Crippen LogP contribution in [0.3, 0.4) is 0 Å². The van der Waals surface area contributed by atoms with E-state index in [0.717, 1.165) is 55.8 Å². The third kappa shape index (κ3) is 4.24. The highest BCUT2D eigenvalue weighted by molar-refractivity contribution is 5.68. The van der Waals surface area contributed by atoms with Gasteiger partial charge < -0.3 is 14.5 Å². The molecule has 27 heavy (non-hydrogen) atoms. The van der Waals surface area contributed by atoms with Crippen LogP contribution in [0, 0.1) is 0 Å². The fourth-order valence-corrected chi connectivity index (χ4v) is 4.03. The summed E-state index contributed by atoms with van der Waals surface area (Å²) < 4.78 is 5.58. The topological polar surface area (TPSA) is 45.7 Å². The second-order valence-electron chi connectivity index (χ2n) is 7.39. The van der Waals surface area contributed by atoms with Gasteiger partial charge in [-0.2, -0.15) is 0 Å². The molecule has 1 aromatic carbocycles. The summed E-state index contributed by atoms with van der Waals surface area (Å²) in [6.45, 7) is 3.24. The Morgan fingerprint density at radius 3 is 2.52 bits per heavy atom. The zero-order valence-corrected chi connectivity index (χ0v) is 15.7. The van der Waals surface area contributed by atoms with E-state index in [1.54, 1.807) is 0 Å². The number of piperidine rings is 1. The number of carbonyl (C=O) groups excluding carboxylic acids is 1. The monoisotopic (exact) mass is 365 g/mol. The van der Waals surface area contributed by atoms with E-state index in [1.807, 2.05) is 41.4 Å². The second kappa shape index (κ2) is 8.42. The summed E-state index contributed by atoms with van der Waals surface area (Å²) in [6.07, 6.45) is 7.32. The van der Waals surface area contributed by atoms with Gasteiger partial charge >= 0.3 is 6.09 Å². The van der Waals surface area contributed by atoms with Gasteiger partial charge in [-0.15, -0.1) is 0 Å². The Morgan fingerprint density at radius 2 is 1.78 bits per heavy atom. The SMILES string of the molecule is O=C(OCc1ccccc1)N1CCCC[C@H]1c1ccc(N2CCCC2)nc1. The van der Waals surface area contributed by atoms with Crippen LogP contribution in [0.25, 0.3) is 0 Å². The van der Waals surface area contributed by atoms with E-state index in [2.05, 4.69) is 22.0 Å². The molecule has 2 aliphatic heterocycles. The molecule has 1 amide bonds. The first kappa shape index (κ1) is 17.8. The third-order valence-electron chi connectivity index (χ3n) is 5.53. The van der Waals surface area contributed by atoms with Gasteiger partial charge in [-0.25, -0.2) is 9.78 Å². The number of likely N-dealkylation sites (tertiary alicyclic amines) is 1. The molecule has 3 heterocycles. The summed E-state index contributed by atoms with van der Waals surface area (Å²) in [5.74, 6) is 1.05. The first-order valence-corrected chi connectivity index (χ1v) is 9.99. The van der Waals surface area contributed by atoms with E-state index in [9.17, 15) is 4.79 Å². The van der Waals surface area contributed by atoms with Crippen LogP contribution in [0.15, 0.2) is 48.7 Å². The lowest BCUT2D eigenvalue weighted by Gasteiger charge is -2.35. The smallest absolute Gasteiger partial charge is 0.410 e. The molecule has 0 saturated carbocycles. The van der Waals surface area contributed by atoms with Gasteiger partial charge in [-0.1, -0.05) is 36.4 Å². The lowest BCUT2D eigenvalue weighted by Crippen LogP contribution is -2.38. The van der Waals surface area contributed by atoms with Crippen LogP contribution in [0.2, 0.25) is 0 Å². The standard InChI is InChI=1S/C22H27N3O2/c26-22(27-17-18-8-2-1-3-9-18)25-15-5-4-10-20(25)19-11-12-21(23-16-19)24-13-6-7-14-24/h1-3,8-9,11-12,16,20H,4-7,10,13-15,17H2/t20-/m0/s1. The molecule has 1 atom stereocenters. The maximum atomic E-state index is 12.7. The number of carbonyl (C=O) groups is 1. The van der Waals surface area contributed by atoms with Gasteiger partial charge in [0.25, 0.3) is 0 Å². The number of benzene rings is 1. The molecular formula is C22H27N3O2. The first-order chi connectivity index (χ1) is 13.3. The summed E-state index contributed by atoms with van der Waals surface area (Å²) in [7, 11) is 0. The number of rotatable bonds is 4. The summed E-state index contributed by atoms with van der Waals surface area (Å²) in [4.78, 5) is 21.6. The van der Waals surface area contributed by atoms with Crippen molar-refractivity contribution in [3.8, 4) is 0 Å². The van der Waals surface area contributed by atoms with Crippen LogP contribution in [0.5, 0.6) is 0 Å². The Kier molecular flexibility index (Phi) is 5.56. The van der Waals surface area contributed by atoms with E-state index in [1.165, 1.54) is 12.8 Å². The molecule has 2 saturated heterocycles. The van der Waals surface area contributed by atoms with Crippen molar-refractivity contribution in [1.29, 1.82) is 0 Å². The summed E-state index contributed by atoms with van der Waals surface area (Å²) in [5, 5.41) is 0. The van der Waals surface area contributed by atoms with Gasteiger partial charge in [0.05, 0.1) is 6.04 Å². The van der Waals surface area contributed by atoms with Crippen molar-refractivity contribution in [3.05, 3.63) is 59.8 Å². The molecule has 5 heteroatoms. The van der Waals surface area contributed by atoms with Crippen molar-refractivity contribution in [1.82, 2.24) is 9.88 Å². The minimum absolute atomic E-state index is 0.0575. The van der Waals surface area contributed by atoms with Crippen molar-refractivity contribution in [2.45, 2.75) is 44.8 Å². The molecule has 1 aromatic heterocycles. The molecule has 2 aromatic rings. The Bertz CT molecular complexity index is 742. The number of hydrogen-bond donors (Lipinski definition) is 0. The van der Waals surface area contributed by atoms with Crippen LogP contribution < -0.4 is 4.90 Å². The van der Waals surface area contributed by atoms with Gasteiger partial charge in [0, 0.05) is 25.8 Å². The molecule has 142 valence electrons. The Balaban J connectivity index is 1.42. The zero-order chi connectivity index (χ0) is 18.5. The molecule has 2 fully saturated rings. The molecule has 4 rings (SSSR count). The lowest BCUT2D eigenvalue weighted by molar-refractivity contribution is 0.0678. The van der Waals surface area contributed by atoms with Gasteiger partial charge in [0.15, 0.2) is 0 Å². The van der Waals surface area contributed by atoms with E-state index >= 15 is 0 Å². The first-order valence-electron chi connectivity index (χ1n) is 9.99. The normalized spacial score (nSPS) is 19.9. The predicted octanol–water partition coefficient (Wildman–Crippen LogP) is 4.55. The summed E-state index contributed by atoms with van der Waals surface area (Å²) >= 11 is 0. The van der Waals surface area contributed by atoms with Crippen LogP contribution in [-0.2, 0) is 11.3 Å². The number of pyridine rings is 1. The number of aromatic nitrogens is 1. The average molecular weight is 365 g/mol. The van der Waals surface area contributed by atoms with E-state index < -0.39 is 0 Å². The minimum atomic E-state index is -0.229. The average Bonchev–Trinajstić information content (AvgIpc) is 3.28. The molecule has 0 N–H and O–H groups in total. The van der Waals surface area contributed by atoms with Crippen molar-refractivity contribution in [2.24, 2.45) is 0 Å². The van der Waals surface area contributed by atoms with Crippen LogP contribution >= 0.6 is 0 Å². The number of nitrogens with zero attached hydrogens (tertiary/aromatic N) is 3. The maximum Gasteiger partial charge on any atom is 0.410 e. The summed E-state index contributed by atoms with van der Waals surface area (Å²) in [6, 6.07) is 14.1. The molecule has 2 aliphatic rings. The minimum Gasteiger partial charge on any atom is -0.445 e. The third-order valence-corrected chi connectivity index (χ3v) is 5.53. The zero-order valence-electron chi connectivity index (χ0n) is 15.7. The van der Waals surface area contributed by atoms with Crippen LogP contribution in [0.4, 0.5) is 10.6 Å². The van der Waals surface area contributed by atoms with Gasteiger partial charge in [-0.05, 0) is 49.3 Å². The van der Waals surface area contributed by atoms with E-state index in [-0.39, 0.29) is 12.1 Å². The Morgan fingerprint density at radius 1 is 1.00 bits per heavy atom. The Labute approximate surface area is 161 Å².